The lowest BCUT2D eigenvalue weighted by atomic mass is 10.2. The number of hydrogen-bond donors (Lipinski definition) is 1. The lowest BCUT2D eigenvalue weighted by molar-refractivity contribution is -0.115. The van der Waals surface area contributed by atoms with Gasteiger partial charge in [-0.1, -0.05) is 42.1 Å². The molecule has 0 radical (unpaired) electrons. The first kappa shape index (κ1) is 19.8. The van der Waals surface area contributed by atoms with Crippen molar-refractivity contribution in [2.24, 2.45) is 7.05 Å². The monoisotopic (exact) mass is 397 g/mol. The minimum atomic E-state index is -0.347. The van der Waals surface area contributed by atoms with E-state index < -0.39 is 0 Å². The van der Waals surface area contributed by atoms with Crippen LogP contribution >= 0.6 is 11.8 Å². The van der Waals surface area contributed by atoms with Crippen molar-refractivity contribution >= 4 is 23.4 Å². The van der Waals surface area contributed by atoms with Crippen LogP contribution in [0, 0.1) is 0 Å². The minimum absolute atomic E-state index is 0.138. The van der Waals surface area contributed by atoms with Gasteiger partial charge in [0.25, 0.3) is 0 Å². The largest absolute Gasteiger partial charge is 0.497 e. The van der Waals surface area contributed by atoms with Gasteiger partial charge in [-0.25, -0.2) is 4.98 Å². The molecule has 1 heterocycles. The molecule has 6 nitrogen and oxygen atoms in total. The fourth-order valence-corrected chi connectivity index (χ4v) is 3.59. The molecule has 28 heavy (non-hydrogen) atoms. The molecular formula is C21H23N3O3S. The third kappa shape index (κ3) is 4.31. The van der Waals surface area contributed by atoms with E-state index in [0.29, 0.717) is 17.2 Å². The summed E-state index contributed by atoms with van der Waals surface area (Å²) >= 11 is 1.40. The Kier molecular flexibility index (Phi) is 6.26. The zero-order valence-corrected chi connectivity index (χ0v) is 17.1. The summed E-state index contributed by atoms with van der Waals surface area (Å²) in [5.41, 5.74) is 2.66. The lowest BCUT2D eigenvalue weighted by Crippen LogP contribution is -2.23. The Morgan fingerprint density at radius 2 is 1.89 bits per heavy atom. The SMILES string of the molecule is COc1ccc(OC)c(NC(=O)C(C)Sc2ncc(-c3ccccc3)n2C)c1. The molecular weight excluding hydrogens is 374 g/mol. The Bertz CT molecular complexity index is 957. The van der Waals surface area contributed by atoms with Crippen molar-refractivity contribution < 1.29 is 14.3 Å². The van der Waals surface area contributed by atoms with E-state index in [1.807, 2.05) is 55.1 Å². The third-order valence-electron chi connectivity index (χ3n) is 4.33. The maximum atomic E-state index is 12.7. The average Bonchev–Trinajstić information content (AvgIpc) is 3.08. The quantitative estimate of drug-likeness (QED) is 0.605. The molecule has 0 bridgehead atoms. The number of rotatable bonds is 7. The standard InChI is InChI=1S/C21H23N3O3S/c1-14(20(25)23-17-12-16(26-3)10-11-19(17)27-4)28-21-22-13-18(24(21)2)15-8-6-5-7-9-15/h5-14H,1-4H3,(H,23,25). The highest BCUT2D eigenvalue weighted by atomic mass is 32.2. The molecule has 0 saturated carbocycles. The van der Waals surface area contributed by atoms with Crippen molar-refractivity contribution in [3.05, 3.63) is 54.7 Å². The van der Waals surface area contributed by atoms with Crippen LogP contribution in [0.5, 0.6) is 11.5 Å². The van der Waals surface area contributed by atoms with Crippen molar-refractivity contribution in [3.8, 4) is 22.8 Å². The summed E-state index contributed by atoms with van der Waals surface area (Å²) < 4.78 is 12.5. The smallest absolute Gasteiger partial charge is 0.237 e. The summed E-state index contributed by atoms with van der Waals surface area (Å²) in [6.45, 7) is 1.85. The first-order valence-corrected chi connectivity index (χ1v) is 9.68. The Morgan fingerprint density at radius 1 is 1.14 bits per heavy atom. The second-order valence-corrected chi connectivity index (χ2v) is 7.47. The molecule has 0 aliphatic heterocycles. The van der Waals surface area contributed by atoms with Crippen molar-refractivity contribution in [2.45, 2.75) is 17.3 Å². The predicted octanol–water partition coefficient (Wildman–Crippen LogP) is 4.22. The first-order chi connectivity index (χ1) is 13.5. The van der Waals surface area contributed by atoms with Gasteiger partial charge in [0.2, 0.25) is 5.91 Å². The van der Waals surface area contributed by atoms with Crippen LogP contribution in [0.2, 0.25) is 0 Å². The van der Waals surface area contributed by atoms with Crippen LogP contribution in [0.4, 0.5) is 5.69 Å². The first-order valence-electron chi connectivity index (χ1n) is 8.80. The van der Waals surface area contributed by atoms with Gasteiger partial charge < -0.3 is 19.4 Å². The minimum Gasteiger partial charge on any atom is -0.497 e. The van der Waals surface area contributed by atoms with E-state index in [-0.39, 0.29) is 11.2 Å². The summed E-state index contributed by atoms with van der Waals surface area (Å²) in [4.78, 5) is 17.2. The summed E-state index contributed by atoms with van der Waals surface area (Å²) in [5.74, 6) is 1.09. The molecule has 0 aliphatic rings. The maximum absolute atomic E-state index is 12.7. The average molecular weight is 398 g/mol. The van der Waals surface area contributed by atoms with Crippen LogP contribution in [0.25, 0.3) is 11.3 Å². The van der Waals surface area contributed by atoms with Crippen molar-refractivity contribution in [1.29, 1.82) is 0 Å². The second kappa shape index (κ2) is 8.84. The van der Waals surface area contributed by atoms with E-state index in [0.717, 1.165) is 16.4 Å². The number of aromatic nitrogens is 2. The van der Waals surface area contributed by atoms with Gasteiger partial charge in [0.15, 0.2) is 5.16 Å². The van der Waals surface area contributed by atoms with E-state index in [1.54, 1.807) is 32.4 Å². The van der Waals surface area contributed by atoms with E-state index in [2.05, 4.69) is 10.3 Å². The number of anilines is 1. The number of ether oxygens (including phenoxy) is 2. The van der Waals surface area contributed by atoms with Gasteiger partial charge in [-0.05, 0) is 24.6 Å². The molecule has 2 aromatic carbocycles. The highest BCUT2D eigenvalue weighted by Crippen LogP contribution is 2.31. The Balaban J connectivity index is 1.73. The van der Waals surface area contributed by atoms with Crippen LogP contribution in [0.15, 0.2) is 59.9 Å². The molecule has 7 heteroatoms. The zero-order valence-electron chi connectivity index (χ0n) is 16.3. The number of imidazole rings is 1. The van der Waals surface area contributed by atoms with Crippen LogP contribution < -0.4 is 14.8 Å². The van der Waals surface area contributed by atoms with Crippen LogP contribution in [0.3, 0.4) is 0 Å². The Hall–Kier alpha value is -2.93. The molecule has 146 valence electrons. The number of carbonyl (C=O) groups excluding carboxylic acids is 1. The molecule has 1 aromatic heterocycles. The van der Waals surface area contributed by atoms with Crippen molar-refractivity contribution in [2.75, 3.05) is 19.5 Å². The van der Waals surface area contributed by atoms with Crippen molar-refractivity contribution in [1.82, 2.24) is 9.55 Å². The number of carbonyl (C=O) groups is 1. The Morgan fingerprint density at radius 3 is 2.57 bits per heavy atom. The highest BCUT2D eigenvalue weighted by molar-refractivity contribution is 8.00. The molecule has 1 N–H and O–H groups in total. The zero-order chi connectivity index (χ0) is 20.1. The second-order valence-electron chi connectivity index (χ2n) is 6.17. The molecule has 3 rings (SSSR count). The molecule has 3 aromatic rings. The summed E-state index contributed by atoms with van der Waals surface area (Å²) in [7, 11) is 5.10. The van der Waals surface area contributed by atoms with Gasteiger partial charge in [0, 0.05) is 13.1 Å². The molecule has 0 aliphatic carbocycles. The van der Waals surface area contributed by atoms with Gasteiger partial charge in [-0.15, -0.1) is 0 Å². The normalized spacial score (nSPS) is 11.7. The number of benzene rings is 2. The van der Waals surface area contributed by atoms with Gasteiger partial charge in [0.1, 0.15) is 11.5 Å². The highest BCUT2D eigenvalue weighted by Gasteiger charge is 2.20. The van der Waals surface area contributed by atoms with Gasteiger partial charge >= 0.3 is 0 Å². The van der Waals surface area contributed by atoms with Crippen LogP contribution in [0.1, 0.15) is 6.92 Å². The topological polar surface area (TPSA) is 65.4 Å². The maximum Gasteiger partial charge on any atom is 0.237 e. The molecule has 0 fully saturated rings. The lowest BCUT2D eigenvalue weighted by Gasteiger charge is -2.15. The number of nitrogens with zero attached hydrogens (tertiary/aromatic N) is 2. The summed E-state index contributed by atoms with van der Waals surface area (Å²) in [6, 6.07) is 15.3. The van der Waals surface area contributed by atoms with E-state index in [9.17, 15) is 4.79 Å². The van der Waals surface area contributed by atoms with E-state index >= 15 is 0 Å². The molecule has 0 spiro atoms. The van der Waals surface area contributed by atoms with E-state index in [1.165, 1.54) is 11.8 Å². The molecule has 0 saturated heterocycles. The number of thioether (sulfide) groups is 1. The molecule has 1 unspecified atom stereocenters. The van der Waals surface area contributed by atoms with E-state index in [4.69, 9.17) is 9.47 Å². The molecule has 1 atom stereocenters. The van der Waals surface area contributed by atoms with Crippen molar-refractivity contribution in [3.63, 3.8) is 0 Å². The van der Waals surface area contributed by atoms with Gasteiger partial charge in [0.05, 0.1) is 37.0 Å². The summed E-state index contributed by atoms with van der Waals surface area (Å²) in [5, 5.41) is 3.34. The fraction of sp³-hybridized carbons (Fsp3) is 0.238. The predicted molar refractivity (Wildman–Crippen MR) is 112 cm³/mol. The number of amides is 1. The Labute approximate surface area is 168 Å². The summed E-state index contributed by atoms with van der Waals surface area (Å²) in [6.07, 6.45) is 1.83. The number of methoxy groups -OCH3 is 2. The van der Waals surface area contributed by atoms with Crippen LogP contribution in [-0.2, 0) is 11.8 Å². The fourth-order valence-electron chi connectivity index (χ4n) is 2.74. The number of nitrogens with one attached hydrogen (secondary N) is 1. The van der Waals surface area contributed by atoms with Gasteiger partial charge in [-0.2, -0.15) is 0 Å². The molecule has 1 amide bonds. The third-order valence-corrected chi connectivity index (χ3v) is 5.49. The van der Waals surface area contributed by atoms with Crippen LogP contribution in [-0.4, -0.2) is 34.9 Å². The number of hydrogen-bond acceptors (Lipinski definition) is 5. The van der Waals surface area contributed by atoms with Gasteiger partial charge in [-0.3, -0.25) is 4.79 Å².